The van der Waals surface area contributed by atoms with Gasteiger partial charge in [0.15, 0.2) is 6.61 Å². The maximum Gasteiger partial charge on any atom is 0.338 e. The van der Waals surface area contributed by atoms with E-state index >= 15 is 0 Å². The average molecular weight is 356 g/mol. The van der Waals surface area contributed by atoms with E-state index < -0.39 is 18.5 Å². The number of amides is 2. The highest BCUT2D eigenvalue weighted by Gasteiger charge is 2.11. The molecule has 0 saturated heterocycles. The van der Waals surface area contributed by atoms with Crippen LogP contribution < -0.4 is 15.4 Å². The molecule has 0 aliphatic heterocycles. The van der Waals surface area contributed by atoms with Crippen LogP contribution in [0.3, 0.4) is 0 Å². The number of carbonyl (C=O) groups excluding carboxylic acids is 3. The maximum atomic E-state index is 11.9. The number of carbonyl (C=O) groups is 3. The minimum Gasteiger partial charge on any atom is -0.494 e. The molecule has 0 spiro atoms. The van der Waals surface area contributed by atoms with Gasteiger partial charge in [0.25, 0.3) is 11.8 Å². The number of rotatable bonds is 7. The Hall–Kier alpha value is -3.35. The second-order valence-electron chi connectivity index (χ2n) is 5.24. The molecule has 2 aromatic rings. The SMILES string of the molecule is CCOc1ccc(C(=O)OCC(=O)Nc2ccc(C(=O)NC)cc2)cc1. The van der Waals surface area contributed by atoms with E-state index in [2.05, 4.69) is 10.6 Å². The molecule has 0 saturated carbocycles. The molecule has 0 atom stereocenters. The number of benzene rings is 2. The first kappa shape index (κ1) is 19.0. The van der Waals surface area contributed by atoms with Crippen molar-refractivity contribution in [3.8, 4) is 5.75 Å². The molecule has 0 heterocycles. The van der Waals surface area contributed by atoms with Gasteiger partial charge in [0.05, 0.1) is 12.2 Å². The third-order valence-electron chi connectivity index (χ3n) is 3.39. The number of anilines is 1. The van der Waals surface area contributed by atoms with E-state index in [-0.39, 0.29) is 5.91 Å². The van der Waals surface area contributed by atoms with E-state index in [0.717, 1.165) is 0 Å². The van der Waals surface area contributed by atoms with E-state index in [4.69, 9.17) is 9.47 Å². The van der Waals surface area contributed by atoms with Gasteiger partial charge in [0.1, 0.15) is 5.75 Å². The fourth-order valence-corrected chi connectivity index (χ4v) is 2.11. The predicted octanol–water partition coefficient (Wildman–Crippen LogP) is 2.24. The molecule has 0 radical (unpaired) electrons. The molecule has 0 aliphatic rings. The normalized spacial score (nSPS) is 9.92. The molecule has 2 amide bonds. The van der Waals surface area contributed by atoms with Crippen LogP contribution in [0.2, 0.25) is 0 Å². The molecule has 2 aromatic carbocycles. The lowest BCUT2D eigenvalue weighted by molar-refractivity contribution is -0.119. The number of hydrogen-bond donors (Lipinski definition) is 2. The van der Waals surface area contributed by atoms with Gasteiger partial charge in [0.2, 0.25) is 0 Å². The van der Waals surface area contributed by atoms with E-state index in [1.807, 2.05) is 6.92 Å². The van der Waals surface area contributed by atoms with Crippen LogP contribution in [0.4, 0.5) is 5.69 Å². The smallest absolute Gasteiger partial charge is 0.338 e. The second kappa shape index (κ2) is 9.22. The van der Waals surface area contributed by atoms with Crippen LogP contribution in [-0.2, 0) is 9.53 Å². The van der Waals surface area contributed by atoms with Crippen molar-refractivity contribution >= 4 is 23.5 Å². The summed E-state index contributed by atoms with van der Waals surface area (Å²) >= 11 is 0. The number of esters is 1. The largest absolute Gasteiger partial charge is 0.494 e. The Kier molecular flexibility index (Phi) is 6.73. The third-order valence-corrected chi connectivity index (χ3v) is 3.39. The maximum absolute atomic E-state index is 11.9. The highest BCUT2D eigenvalue weighted by molar-refractivity contribution is 5.97. The molecule has 2 rings (SSSR count). The fourth-order valence-electron chi connectivity index (χ4n) is 2.11. The Balaban J connectivity index is 1.84. The van der Waals surface area contributed by atoms with Crippen molar-refractivity contribution in [1.82, 2.24) is 5.32 Å². The van der Waals surface area contributed by atoms with Gasteiger partial charge in [-0.1, -0.05) is 0 Å². The monoisotopic (exact) mass is 356 g/mol. The summed E-state index contributed by atoms with van der Waals surface area (Å²) in [5.74, 6) is -0.635. The van der Waals surface area contributed by atoms with Crippen LogP contribution in [0.15, 0.2) is 48.5 Å². The summed E-state index contributed by atoms with van der Waals surface area (Å²) in [6, 6.07) is 12.8. The lowest BCUT2D eigenvalue weighted by Gasteiger charge is -2.08. The topological polar surface area (TPSA) is 93.7 Å². The van der Waals surface area contributed by atoms with Crippen LogP contribution in [0.5, 0.6) is 5.75 Å². The van der Waals surface area contributed by atoms with Gasteiger partial charge in [-0.2, -0.15) is 0 Å². The Labute approximate surface area is 151 Å². The molecule has 136 valence electrons. The quantitative estimate of drug-likeness (QED) is 0.742. The average Bonchev–Trinajstić information content (AvgIpc) is 2.67. The van der Waals surface area contributed by atoms with Crippen molar-refractivity contribution in [3.05, 3.63) is 59.7 Å². The molecule has 0 fully saturated rings. The number of nitrogens with one attached hydrogen (secondary N) is 2. The van der Waals surface area contributed by atoms with E-state index in [1.54, 1.807) is 48.5 Å². The zero-order chi connectivity index (χ0) is 18.9. The van der Waals surface area contributed by atoms with Gasteiger partial charge in [-0.25, -0.2) is 4.79 Å². The van der Waals surface area contributed by atoms with Crippen molar-refractivity contribution < 1.29 is 23.9 Å². The number of hydrogen-bond acceptors (Lipinski definition) is 5. The van der Waals surface area contributed by atoms with Crippen molar-refractivity contribution in [3.63, 3.8) is 0 Å². The van der Waals surface area contributed by atoms with E-state index in [1.165, 1.54) is 7.05 Å². The van der Waals surface area contributed by atoms with Crippen LogP contribution in [0.1, 0.15) is 27.6 Å². The first-order valence-corrected chi connectivity index (χ1v) is 8.05. The first-order valence-electron chi connectivity index (χ1n) is 8.05. The van der Waals surface area contributed by atoms with Gasteiger partial charge < -0.3 is 20.1 Å². The highest BCUT2D eigenvalue weighted by Crippen LogP contribution is 2.13. The van der Waals surface area contributed by atoms with Crippen LogP contribution in [0, 0.1) is 0 Å². The summed E-state index contributed by atoms with van der Waals surface area (Å²) in [5.41, 5.74) is 1.31. The van der Waals surface area contributed by atoms with Crippen molar-refractivity contribution in [2.75, 3.05) is 25.6 Å². The van der Waals surface area contributed by atoms with Crippen LogP contribution in [0.25, 0.3) is 0 Å². The lowest BCUT2D eigenvalue weighted by Crippen LogP contribution is -2.21. The van der Waals surface area contributed by atoms with Gasteiger partial charge in [-0.15, -0.1) is 0 Å². The minimum atomic E-state index is -0.599. The Morgan fingerprint density at radius 3 is 2.12 bits per heavy atom. The van der Waals surface area contributed by atoms with Crippen molar-refractivity contribution in [2.24, 2.45) is 0 Å². The Morgan fingerprint density at radius 1 is 0.923 bits per heavy atom. The van der Waals surface area contributed by atoms with Crippen LogP contribution in [-0.4, -0.2) is 38.0 Å². The highest BCUT2D eigenvalue weighted by atomic mass is 16.5. The molecule has 7 nitrogen and oxygen atoms in total. The molecular formula is C19H20N2O5. The lowest BCUT2D eigenvalue weighted by atomic mass is 10.2. The fraction of sp³-hybridized carbons (Fsp3) is 0.211. The molecular weight excluding hydrogens is 336 g/mol. The molecule has 0 aromatic heterocycles. The molecule has 0 unspecified atom stereocenters. The van der Waals surface area contributed by atoms with Crippen LogP contribution >= 0.6 is 0 Å². The summed E-state index contributed by atoms with van der Waals surface area (Å²) in [6.07, 6.45) is 0. The first-order chi connectivity index (χ1) is 12.5. The molecule has 0 aliphatic carbocycles. The summed E-state index contributed by atoms with van der Waals surface area (Å²) < 4.78 is 10.3. The minimum absolute atomic E-state index is 0.216. The molecule has 0 bridgehead atoms. The van der Waals surface area contributed by atoms with Crippen molar-refractivity contribution in [1.29, 1.82) is 0 Å². The third kappa shape index (κ3) is 5.34. The molecule has 26 heavy (non-hydrogen) atoms. The number of ether oxygens (including phenoxy) is 2. The molecule has 2 N–H and O–H groups in total. The molecule has 7 heteroatoms. The standard InChI is InChI=1S/C19H20N2O5/c1-3-25-16-10-6-14(7-11-16)19(24)26-12-17(22)21-15-8-4-13(5-9-15)18(23)20-2/h4-11H,3,12H2,1-2H3,(H,20,23)(H,21,22). The Morgan fingerprint density at radius 2 is 1.54 bits per heavy atom. The second-order valence-corrected chi connectivity index (χ2v) is 5.24. The van der Waals surface area contributed by atoms with Gasteiger partial charge in [-0.05, 0) is 55.5 Å². The van der Waals surface area contributed by atoms with E-state index in [9.17, 15) is 14.4 Å². The summed E-state index contributed by atoms with van der Waals surface area (Å²) in [4.78, 5) is 35.3. The van der Waals surface area contributed by atoms with Gasteiger partial charge in [0, 0.05) is 18.3 Å². The summed E-state index contributed by atoms with van der Waals surface area (Å²) in [5, 5.41) is 5.10. The van der Waals surface area contributed by atoms with E-state index in [0.29, 0.717) is 29.2 Å². The summed E-state index contributed by atoms with van der Waals surface area (Å²) in [7, 11) is 1.54. The zero-order valence-electron chi connectivity index (χ0n) is 14.6. The summed E-state index contributed by atoms with van der Waals surface area (Å²) in [6.45, 7) is 1.99. The predicted molar refractivity (Wildman–Crippen MR) is 96.4 cm³/mol. The van der Waals surface area contributed by atoms with Crippen molar-refractivity contribution in [2.45, 2.75) is 6.92 Å². The Bertz CT molecular complexity index is 770. The zero-order valence-corrected chi connectivity index (χ0v) is 14.6. The van der Waals surface area contributed by atoms with Gasteiger partial charge >= 0.3 is 5.97 Å². The van der Waals surface area contributed by atoms with Gasteiger partial charge in [-0.3, -0.25) is 9.59 Å².